The third-order valence-electron chi connectivity index (χ3n) is 6.90. The maximum atomic E-state index is 13.2. The summed E-state index contributed by atoms with van der Waals surface area (Å²) < 4.78 is 26.4. The zero-order valence-corrected chi connectivity index (χ0v) is 20.1. The number of piperidine rings is 1. The molecule has 2 aliphatic rings. The van der Waals surface area contributed by atoms with E-state index in [0.29, 0.717) is 12.3 Å². The van der Waals surface area contributed by atoms with Gasteiger partial charge in [0.05, 0.1) is 4.90 Å². The Morgan fingerprint density at radius 2 is 1.82 bits per heavy atom. The molecule has 8 nitrogen and oxygen atoms in total. The van der Waals surface area contributed by atoms with Gasteiger partial charge >= 0.3 is 5.97 Å². The van der Waals surface area contributed by atoms with E-state index in [-0.39, 0.29) is 16.8 Å². The highest BCUT2D eigenvalue weighted by Crippen LogP contribution is 2.28. The van der Waals surface area contributed by atoms with Gasteiger partial charge in [-0.25, -0.2) is 8.42 Å². The normalized spacial score (nSPS) is 17.9. The predicted octanol–water partition coefficient (Wildman–Crippen LogP) is 2.03. The van der Waals surface area contributed by atoms with Crippen LogP contribution in [0.15, 0.2) is 47.4 Å². The quantitative estimate of drug-likeness (QED) is 0.527. The number of sulfonamides is 1. The molecule has 0 bridgehead atoms. The Morgan fingerprint density at radius 3 is 2.50 bits per heavy atom. The number of carbonyl (C=O) groups is 2. The molecule has 34 heavy (non-hydrogen) atoms. The Labute approximate surface area is 200 Å². The number of fused-ring (bicyclic) bond motifs is 1. The van der Waals surface area contributed by atoms with Crippen molar-refractivity contribution >= 4 is 21.9 Å². The first kappa shape index (κ1) is 24.4. The lowest BCUT2D eigenvalue weighted by Crippen LogP contribution is -2.48. The minimum absolute atomic E-state index is 0.0245. The van der Waals surface area contributed by atoms with Crippen molar-refractivity contribution in [1.82, 2.24) is 14.9 Å². The van der Waals surface area contributed by atoms with Crippen molar-refractivity contribution < 1.29 is 23.1 Å². The average molecular weight is 486 g/mol. The Kier molecular flexibility index (Phi) is 7.35. The summed E-state index contributed by atoms with van der Waals surface area (Å²) in [4.78, 5) is 25.9. The maximum Gasteiger partial charge on any atom is 0.318 e. The first-order valence-electron chi connectivity index (χ1n) is 11.7. The Balaban J connectivity index is 1.43. The number of carboxylic acid groups (broad SMARTS) is 1. The van der Waals surface area contributed by atoms with Crippen LogP contribution < -0.4 is 10.0 Å². The van der Waals surface area contributed by atoms with E-state index in [0.717, 1.165) is 61.2 Å². The summed E-state index contributed by atoms with van der Waals surface area (Å²) >= 11 is 0. The molecule has 0 aromatic heterocycles. The van der Waals surface area contributed by atoms with Gasteiger partial charge in [0.15, 0.2) is 0 Å². The molecular formula is C25H31N3O5S. The second kappa shape index (κ2) is 10.2. The summed E-state index contributed by atoms with van der Waals surface area (Å²) in [6.45, 7) is 4.28. The van der Waals surface area contributed by atoms with Crippen molar-refractivity contribution in [3.05, 3.63) is 64.7 Å². The van der Waals surface area contributed by atoms with Crippen LogP contribution in [0.1, 0.15) is 46.8 Å². The van der Waals surface area contributed by atoms with Crippen LogP contribution in [0.2, 0.25) is 0 Å². The van der Waals surface area contributed by atoms with E-state index in [1.165, 1.54) is 12.1 Å². The zero-order valence-electron chi connectivity index (χ0n) is 19.3. The fourth-order valence-corrected chi connectivity index (χ4v) is 5.88. The van der Waals surface area contributed by atoms with Crippen molar-refractivity contribution in [2.75, 3.05) is 26.2 Å². The number of hydrogen-bond donors (Lipinski definition) is 3. The smallest absolute Gasteiger partial charge is 0.318 e. The van der Waals surface area contributed by atoms with Crippen molar-refractivity contribution in [3.8, 4) is 0 Å². The number of aliphatic carboxylic acids is 1. The van der Waals surface area contributed by atoms with Crippen molar-refractivity contribution in [2.24, 2.45) is 5.92 Å². The lowest BCUT2D eigenvalue weighted by atomic mass is 9.87. The van der Waals surface area contributed by atoms with E-state index in [2.05, 4.69) is 18.3 Å². The molecular weight excluding hydrogens is 454 g/mol. The van der Waals surface area contributed by atoms with Gasteiger partial charge in [0.1, 0.15) is 6.54 Å². The average Bonchev–Trinajstić information content (AvgIpc) is 2.83. The molecule has 9 heteroatoms. The van der Waals surface area contributed by atoms with Gasteiger partial charge in [-0.15, -0.1) is 0 Å². The Morgan fingerprint density at radius 1 is 1.15 bits per heavy atom. The van der Waals surface area contributed by atoms with Crippen LogP contribution in [0.25, 0.3) is 0 Å². The second-order valence-corrected chi connectivity index (χ2v) is 10.9. The van der Waals surface area contributed by atoms with E-state index in [1.807, 2.05) is 21.8 Å². The van der Waals surface area contributed by atoms with Crippen molar-refractivity contribution in [3.63, 3.8) is 0 Å². The fourth-order valence-electron chi connectivity index (χ4n) is 4.90. The summed E-state index contributed by atoms with van der Waals surface area (Å²) in [5, 5.41) is 12.1. The molecule has 1 saturated heterocycles. The molecule has 2 aromatic rings. The molecule has 1 atom stereocenters. The van der Waals surface area contributed by atoms with Gasteiger partial charge in [0, 0.05) is 18.2 Å². The summed E-state index contributed by atoms with van der Waals surface area (Å²) in [5.41, 5.74) is 3.83. The van der Waals surface area contributed by atoms with Crippen LogP contribution in [0.5, 0.6) is 0 Å². The highest BCUT2D eigenvalue weighted by Gasteiger charge is 2.32. The largest absolute Gasteiger partial charge is 0.480 e. The Bertz CT molecular complexity index is 1160. The predicted molar refractivity (Wildman–Crippen MR) is 128 cm³/mol. The number of nitrogens with one attached hydrogen (secondary N) is 2. The van der Waals surface area contributed by atoms with Gasteiger partial charge in [-0.2, -0.15) is 4.72 Å². The molecule has 1 amide bonds. The molecule has 2 aliphatic heterocycles. The zero-order chi connectivity index (χ0) is 24.3. The maximum absolute atomic E-state index is 13.2. The van der Waals surface area contributed by atoms with E-state index < -0.39 is 22.5 Å². The molecule has 1 fully saturated rings. The highest BCUT2D eigenvalue weighted by atomic mass is 32.2. The number of carbonyl (C=O) groups excluding carboxylic acids is 1. The SMILES string of the molecule is CC(C1CCNCC1)N1CCc2cc(Cc3ccc(S(=O)(=O)NCC(=O)O)cc3)ccc2C1=O. The molecule has 2 heterocycles. The number of hydrogen-bond acceptors (Lipinski definition) is 5. The van der Waals surface area contributed by atoms with Gasteiger partial charge in [-0.3, -0.25) is 9.59 Å². The van der Waals surface area contributed by atoms with Gasteiger partial charge in [0.2, 0.25) is 10.0 Å². The summed E-state index contributed by atoms with van der Waals surface area (Å²) in [5.74, 6) is -0.589. The number of amides is 1. The number of benzene rings is 2. The van der Waals surface area contributed by atoms with Gasteiger partial charge in [-0.05, 0) is 86.5 Å². The monoisotopic (exact) mass is 485 g/mol. The molecule has 0 radical (unpaired) electrons. The van der Waals surface area contributed by atoms with Crippen LogP contribution in [0.3, 0.4) is 0 Å². The minimum Gasteiger partial charge on any atom is -0.480 e. The number of nitrogens with zero attached hydrogens (tertiary/aromatic N) is 1. The summed E-state index contributed by atoms with van der Waals surface area (Å²) in [6, 6.07) is 12.6. The van der Waals surface area contributed by atoms with Crippen LogP contribution in [0, 0.1) is 5.92 Å². The molecule has 1 unspecified atom stereocenters. The molecule has 2 aromatic carbocycles. The first-order chi connectivity index (χ1) is 16.2. The fraction of sp³-hybridized carbons (Fsp3) is 0.440. The topological polar surface area (TPSA) is 116 Å². The molecule has 4 rings (SSSR count). The van der Waals surface area contributed by atoms with Crippen molar-refractivity contribution in [1.29, 1.82) is 0 Å². The van der Waals surface area contributed by atoms with Crippen LogP contribution >= 0.6 is 0 Å². The lowest BCUT2D eigenvalue weighted by Gasteiger charge is -2.39. The number of rotatable bonds is 8. The van der Waals surface area contributed by atoms with Crippen LogP contribution in [-0.4, -0.2) is 62.5 Å². The highest BCUT2D eigenvalue weighted by molar-refractivity contribution is 7.89. The van der Waals surface area contributed by atoms with Gasteiger partial charge in [0.25, 0.3) is 5.91 Å². The molecule has 182 valence electrons. The second-order valence-electron chi connectivity index (χ2n) is 9.11. The summed E-state index contributed by atoms with van der Waals surface area (Å²) in [6.07, 6.45) is 3.65. The standard InChI is InChI=1S/C25H31N3O5S/c1-17(20-8-11-26-12-9-20)28-13-10-21-15-19(4-7-23(21)25(28)31)14-18-2-5-22(6-3-18)34(32,33)27-16-24(29)30/h2-7,15,17,20,26-27H,8-14,16H2,1H3,(H,29,30). The van der Waals surface area contributed by atoms with E-state index in [1.54, 1.807) is 12.1 Å². The van der Waals surface area contributed by atoms with Gasteiger partial charge in [-0.1, -0.05) is 24.3 Å². The molecule has 0 saturated carbocycles. The van der Waals surface area contributed by atoms with E-state index >= 15 is 0 Å². The third-order valence-corrected chi connectivity index (χ3v) is 8.31. The molecule has 3 N–H and O–H groups in total. The van der Waals surface area contributed by atoms with E-state index in [9.17, 15) is 18.0 Å². The summed E-state index contributed by atoms with van der Waals surface area (Å²) in [7, 11) is -3.86. The van der Waals surface area contributed by atoms with E-state index in [4.69, 9.17) is 5.11 Å². The van der Waals surface area contributed by atoms with Crippen LogP contribution in [-0.2, 0) is 27.7 Å². The van der Waals surface area contributed by atoms with Crippen molar-refractivity contribution in [2.45, 2.75) is 43.5 Å². The number of carboxylic acids is 1. The molecule has 0 spiro atoms. The van der Waals surface area contributed by atoms with Gasteiger partial charge < -0.3 is 15.3 Å². The lowest BCUT2D eigenvalue weighted by molar-refractivity contribution is -0.135. The van der Waals surface area contributed by atoms with Crippen LogP contribution in [0.4, 0.5) is 0 Å². The molecule has 0 aliphatic carbocycles. The Hall–Kier alpha value is -2.75. The first-order valence-corrected chi connectivity index (χ1v) is 13.2. The third kappa shape index (κ3) is 5.48. The minimum atomic E-state index is -3.86.